The molecule has 0 spiro atoms. The number of nitrogens with one attached hydrogen (secondary N) is 1. The van der Waals surface area contributed by atoms with E-state index in [0.29, 0.717) is 49.8 Å². The van der Waals surface area contributed by atoms with Crippen molar-refractivity contribution in [3.8, 4) is 17.1 Å². The van der Waals surface area contributed by atoms with Crippen LogP contribution in [0.25, 0.3) is 11.4 Å². The summed E-state index contributed by atoms with van der Waals surface area (Å²) in [5, 5.41) is 9.40. The summed E-state index contributed by atoms with van der Waals surface area (Å²) < 4.78 is 1.88. The summed E-state index contributed by atoms with van der Waals surface area (Å²) in [6.07, 6.45) is 5.49. The van der Waals surface area contributed by atoms with E-state index in [1.54, 1.807) is 24.5 Å². The number of hydrogen-bond donors (Lipinski definition) is 2. The van der Waals surface area contributed by atoms with E-state index in [1.807, 2.05) is 33.7 Å². The second-order valence-corrected chi connectivity index (χ2v) is 8.29. The van der Waals surface area contributed by atoms with E-state index in [9.17, 15) is 14.7 Å². The van der Waals surface area contributed by atoms with Crippen LogP contribution in [0.2, 0.25) is 0 Å². The number of carbonyl (C=O) groups excluding carboxylic acids is 1. The van der Waals surface area contributed by atoms with Crippen LogP contribution in [0.15, 0.2) is 53.6 Å². The fourth-order valence-corrected chi connectivity index (χ4v) is 4.81. The Morgan fingerprint density at radius 1 is 1.13 bits per heavy atom. The van der Waals surface area contributed by atoms with Crippen molar-refractivity contribution in [2.24, 2.45) is 5.92 Å². The molecule has 1 fully saturated rings. The number of likely N-dealkylation sites (tertiary alicyclic amines) is 1. The van der Waals surface area contributed by atoms with Gasteiger partial charge in [0.2, 0.25) is 5.91 Å². The number of amides is 1. The van der Waals surface area contributed by atoms with E-state index >= 15 is 0 Å². The van der Waals surface area contributed by atoms with Crippen molar-refractivity contribution in [3.63, 3.8) is 0 Å². The van der Waals surface area contributed by atoms with Crippen molar-refractivity contribution < 1.29 is 9.90 Å². The molecule has 1 aromatic carbocycles. The number of carbonyl (C=O) groups is 1. The fraction of sp³-hybridized carbons (Fsp3) is 0.348. The molecule has 0 aliphatic carbocycles. The van der Waals surface area contributed by atoms with Gasteiger partial charge in [-0.25, -0.2) is 4.98 Å². The van der Waals surface area contributed by atoms with Gasteiger partial charge in [-0.15, -0.1) is 0 Å². The lowest BCUT2D eigenvalue weighted by Gasteiger charge is -2.43. The van der Waals surface area contributed by atoms with Gasteiger partial charge in [0.25, 0.3) is 5.56 Å². The number of piperidine rings is 1. The Hall–Kier alpha value is -3.35. The minimum atomic E-state index is -0.00995. The molecule has 3 aromatic rings. The van der Waals surface area contributed by atoms with Gasteiger partial charge in [-0.1, -0.05) is 12.1 Å². The first kappa shape index (κ1) is 18.7. The average Bonchev–Trinajstić information content (AvgIpc) is 3.28. The highest BCUT2D eigenvalue weighted by molar-refractivity contribution is 5.76. The van der Waals surface area contributed by atoms with Gasteiger partial charge in [-0.3, -0.25) is 9.59 Å². The molecule has 30 heavy (non-hydrogen) atoms. The number of aromatic hydroxyl groups is 1. The molecule has 2 atom stereocenters. The molecule has 0 saturated carbocycles. The highest BCUT2D eigenvalue weighted by Gasteiger charge is 2.36. The van der Waals surface area contributed by atoms with E-state index in [2.05, 4.69) is 9.97 Å². The second-order valence-electron chi connectivity index (χ2n) is 8.29. The maximum Gasteiger partial charge on any atom is 0.261 e. The van der Waals surface area contributed by atoms with E-state index < -0.39 is 0 Å². The van der Waals surface area contributed by atoms with E-state index in [0.717, 1.165) is 17.7 Å². The topological polar surface area (TPSA) is 91.2 Å². The number of imidazole rings is 1. The van der Waals surface area contributed by atoms with Gasteiger partial charge in [-0.05, 0) is 48.6 Å². The van der Waals surface area contributed by atoms with Crippen LogP contribution in [0, 0.1) is 5.92 Å². The van der Waals surface area contributed by atoms with E-state index in [-0.39, 0.29) is 23.1 Å². The van der Waals surface area contributed by atoms with E-state index in [1.165, 1.54) is 0 Å². The summed E-state index contributed by atoms with van der Waals surface area (Å²) in [7, 11) is 0. The number of pyridine rings is 1. The number of aryl methyl sites for hydroxylation is 1. The molecule has 154 valence electrons. The number of phenolic OH excluding ortho intramolecular Hbond substituents is 1. The Kier molecular flexibility index (Phi) is 4.65. The first-order valence-electron chi connectivity index (χ1n) is 10.4. The summed E-state index contributed by atoms with van der Waals surface area (Å²) in [4.78, 5) is 35.1. The largest absolute Gasteiger partial charge is 0.508 e. The number of aromatic nitrogens is 3. The summed E-state index contributed by atoms with van der Waals surface area (Å²) in [5.41, 5.74) is 2.64. The number of hydrogen-bond acceptors (Lipinski definition) is 4. The molecule has 2 aliphatic heterocycles. The van der Waals surface area contributed by atoms with Crippen molar-refractivity contribution >= 4 is 5.91 Å². The molecular weight excluding hydrogens is 380 g/mol. The third-order valence-electron chi connectivity index (χ3n) is 6.27. The standard InChI is InChI=1S/C23H24N4O3/c28-18-4-1-15(2-5-18)3-8-21(29)26-12-16-11-17(14-26)20-7-6-19(22-24-9-10-25-22)23(30)27(20)13-16/h1-2,4-7,9-10,16-17,28H,3,8,11-14H2,(H,24,25)/t16-,17+/m0/s1. The first-order valence-corrected chi connectivity index (χ1v) is 10.4. The SMILES string of the molecule is O=C(CCc1ccc(O)cc1)N1C[C@@H]2C[C@H](C1)c1ccc(-c3ncc[nH]3)c(=O)n1C2. The molecule has 1 amide bonds. The number of H-pyrrole nitrogens is 1. The average molecular weight is 404 g/mol. The normalized spacial score (nSPS) is 20.1. The highest BCUT2D eigenvalue weighted by Crippen LogP contribution is 2.35. The van der Waals surface area contributed by atoms with Crippen molar-refractivity contribution in [2.75, 3.05) is 13.1 Å². The second kappa shape index (κ2) is 7.48. The van der Waals surface area contributed by atoms with Gasteiger partial charge in [0.15, 0.2) is 0 Å². The van der Waals surface area contributed by atoms with Gasteiger partial charge in [0, 0.05) is 50.1 Å². The van der Waals surface area contributed by atoms with Gasteiger partial charge in [-0.2, -0.15) is 0 Å². The Balaban J connectivity index is 1.32. The number of phenols is 1. The molecule has 2 bridgehead atoms. The van der Waals surface area contributed by atoms with Gasteiger partial charge in [0.05, 0.1) is 5.56 Å². The summed E-state index contributed by atoms with van der Waals surface area (Å²) in [6, 6.07) is 10.9. The van der Waals surface area contributed by atoms with Crippen LogP contribution in [0.1, 0.15) is 30.0 Å². The van der Waals surface area contributed by atoms with Crippen LogP contribution in [-0.4, -0.2) is 43.5 Å². The molecule has 0 radical (unpaired) electrons. The Labute approximate surface area is 174 Å². The highest BCUT2D eigenvalue weighted by atomic mass is 16.3. The Bertz CT molecular complexity index is 1120. The predicted octanol–water partition coefficient (Wildman–Crippen LogP) is 2.52. The third-order valence-corrected chi connectivity index (χ3v) is 6.27. The van der Waals surface area contributed by atoms with Crippen LogP contribution in [0.4, 0.5) is 0 Å². The molecule has 4 heterocycles. The Morgan fingerprint density at radius 3 is 2.73 bits per heavy atom. The summed E-state index contributed by atoms with van der Waals surface area (Å²) >= 11 is 0. The smallest absolute Gasteiger partial charge is 0.261 e. The van der Waals surface area contributed by atoms with Crippen LogP contribution in [-0.2, 0) is 17.8 Å². The maximum atomic E-state index is 13.0. The summed E-state index contributed by atoms with van der Waals surface area (Å²) in [6.45, 7) is 1.99. The van der Waals surface area contributed by atoms with Crippen molar-refractivity contribution in [1.82, 2.24) is 19.4 Å². The predicted molar refractivity (Wildman–Crippen MR) is 112 cm³/mol. The third kappa shape index (κ3) is 3.40. The maximum absolute atomic E-state index is 13.0. The number of rotatable bonds is 4. The van der Waals surface area contributed by atoms with Crippen molar-refractivity contribution in [1.29, 1.82) is 0 Å². The lowest BCUT2D eigenvalue weighted by molar-refractivity contribution is -0.133. The molecule has 1 saturated heterocycles. The van der Waals surface area contributed by atoms with Gasteiger partial charge < -0.3 is 19.6 Å². The zero-order valence-corrected chi connectivity index (χ0v) is 16.6. The number of benzene rings is 1. The monoisotopic (exact) mass is 404 g/mol. The minimum absolute atomic E-state index is 0.00995. The van der Waals surface area contributed by atoms with Crippen molar-refractivity contribution in [2.45, 2.75) is 31.7 Å². The lowest BCUT2D eigenvalue weighted by Crippen LogP contribution is -2.49. The number of fused-ring (bicyclic) bond motifs is 4. The van der Waals surface area contributed by atoms with Crippen molar-refractivity contribution in [3.05, 3.63) is 70.4 Å². The first-order chi connectivity index (χ1) is 14.6. The zero-order valence-electron chi connectivity index (χ0n) is 16.6. The van der Waals surface area contributed by atoms with Crippen LogP contribution < -0.4 is 5.56 Å². The molecule has 0 unspecified atom stereocenters. The molecule has 2 aliphatic rings. The van der Waals surface area contributed by atoms with Crippen LogP contribution >= 0.6 is 0 Å². The quantitative estimate of drug-likeness (QED) is 0.699. The molecule has 5 rings (SSSR count). The molecule has 7 nitrogen and oxygen atoms in total. The number of aromatic amines is 1. The molecular formula is C23H24N4O3. The van der Waals surface area contributed by atoms with Crippen LogP contribution in [0.5, 0.6) is 5.75 Å². The minimum Gasteiger partial charge on any atom is -0.508 e. The summed E-state index contributed by atoms with van der Waals surface area (Å²) in [5.74, 6) is 1.46. The van der Waals surface area contributed by atoms with Gasteiger partial charge >= 0.3 is 0 Å². The number of nitrogens with zero attached hydrogens (tertiary/aromatic N) is 3. The van der Waals surface area contributed by atoms with Gasteiger partial charge in [0.1, 0.15) is 11.6 Å². The fourth-order valence-electron chi connectivity index (χ4n) is 4.81. The van der Waals surface area contributed by atoms with E-state index in [4.69, 9.17) is 0 Å². The molecule has 2 N–H and O–H groups in total. The Morgan fingerprint density at radius 2 is 1.97 bits per heavy atom. The molecule has 7 heteroatoms. The molecule has 2 aromatic heterocycles. The zero-order chi connectivity index (χ0) is 20.7. The lowest BCUT2D eigenvalue weighted by atomic mass is 9.82. The van der Waals surface area contributed by atoms with Crippen LogP contribution in [0.3, 0.4) is 0 Å².